The second-order valence-electron chi connectivity index (χ2n) is 5.96. The fourth-order valence-electron chi connectivity index (χ4n) is 2.73. The van der Waals surface area contributed by atoms with Gasteiger partial charge in [0.1, 0.15) is 0 Å². The number of aliphatic imine (C=N–C) groups is 1. The van der Waals surface area contributed by atoms with Gasteiger partial charge in [0.15, 0.2) is 5.96 Å². The largest absolute Gasteiger partial charge is 0.357 e. The van der Waals surface area contributed by atoms with Crippen molar-refractivity contribution in [1.82, 2.24) is 20.4 Å². The Balaban J connectivity index is 1.84. The van der Waals surface area contributed by atoms with Gasteiger partial charge in [-0.25, -0.2) is 0 Å². The molecule has 0 bridgehead atoms. The van der Waals surface area contributed by atoms with Gasteiger partial charge < -0.3 is 20.4 Å². The standard InChI is InChI=1S/C18H26ClN5O2/c1-3-20-18(24-12-10-23(11-13-24)14(2)25)22-9-8-21-17(26)15-6-4-5-7-16(15)19/h4-7H,3,8-13H2,1-2H3,(H,20,22)(H,21,26). The van der Waals surface area contributed by atoms with E-state index in [9.17, 15) is 9.59 Å². The van der Waals surface area contributed by atoms with Gasteiger partial charge in [-0.15, -0.1) is 0 Å². The number of carbonyl (C=O) groups excluding carboxylic acids is 2. The Morgan fingerprint density at radius 3 is 2.38 bits per heavy atom. The number of rotatable bonds is 5. The Labute approximate surface area is 159 Å². The third-order valence-corrected chi connectivity index (χ3v) is 4.47. The van der Waals surface area contributed by atoms with E-state index in [-0.39, 0.29) is 11.8 Å². The summed E-state index contributed by atoms with van der Waals surface area (Å²) in [5.74, 6) is 0.711. The third kappa shape index (κ3) is 5.62. The second kappa shape index (κ2) is 10.0. The molecule has 2 N–H and O–H groups in total. The average Bonchev–Trinajstić information content (AvgIpc) is 2.64. The lowest BCUT2D eigenvalue weighted by atomic mass is 10.2. The van der Waals surface area contributed by atoms with E-state index in [1.165, 1.54) is 0 Å². The molecule has 1 aliphatic heterocycles. The van der Waals surface area contributed by atoms with E-state index < -0.39 is 0 Å². The molecule has 2 rings (SSSR count). The summed E-state index contributed by atoms with van der Waals surface area (Å²) in [6.45, 7) is 8.15. The minimum Gasteiger partial charge on any atom is -0.357 e. The first-order valence-corrected chi connectivity index (χ1v) is 9.22. The van der Waals surface area contributed by atoms with Crippen molar-refractivity contribution in [3.63, 3.8) is 0 Å². The molecule has 142 valence electrons. The van der Waals surface area contributed by atoms with Crippen molar-refractivity contribution >= 4 is 29.4 Å². The molecule has 1 aromatic carbocycles. The van der Waals surface area contributed by atoms with E-state index in [1.54, 1.807) is 31.2 Å². The highest BCUT2D eigenvalue weighted by Crippen LogP contribution is 2.14. The van der Waals surface area contributed by atoms with Gasteiger partial charge in [-0.3, -0.25) is 14.6 Å². The molecule has 1 saturated heterocycles. The highest BCUT2D eigenvalue weighted by molar-refractivity contribution is 6.33. The Kier molecular flexibility index (Phi) is 7.72. The SMILES string of the molecule is CCNC(=NCCNC(=O)c1ccccc1Cl)N1CCN(C(C)=O)CC1. The summed E-state index contributed by atoms with van der Waals surface area (Å²) in [5.41, 5.74) is 0.463. The van der Waals surface area contributed by atoms with Crippen LogP contribution in [0.3, 0.4) is 0 Å². The first kappa shape index (κ1) is 20.0. The fourth-order valence-corrected chi connectivity index (χ4v) is 2.95. The van der Waals surface area contributed by atoms with Crippen LogP contribution in [-0.2, 0) is 4.79 Å². The first-order chi connectivity index (χ1) is 12.5. The molecular weight excluding hydrogens is 354 g/mol. The van der Waals surface area contributed by atoms with Gasteiger partial charge >= 0.3 is 0 Å². The summed E-state index contributed by atoms with van der Waals surface area (Å²) < 4.78 is 0. The van der Waals surface area contributed by atoms with Crippen molar-refractivity contribution in [3.05, 3.63) is 34.9 Å². The molecule has 1 aromatic rings. The number of hydrogen-bond acceptors (Lipinski definition) is 3. The number of piperazine rings is 1. The van der Waals surface area contributed by atoms with Crippen LogP contribution in [0.1, 0.15) is 24.2 Å². The van der Waals surface area contributed by atoms with Crippen LogP contribution in [0, 0.1) is 0 Å². The van der Waals surface area contributed by atoms with Crippen molar-refractivity contribution in [1.29, 1.82) is 0 Å². The van der Waals surface area contributed by atoms with Crippen molar-refractivity contribution < 1.29 is 9.59 Å². The van der Waals surface area contributed by atoms with E-state index in [0.29, 0.717) is 36.8 Å². The van der Waals surface area contributed by atoms with E-state index in [2.05, 4.69) is 20.5 Å². The van der Waals surface area contributed by atoms with Crippen LogP contribution >= 0.6 is 11.6 Å². The highest BCUT2D eigenvalue weighted by atomic mass is 35.5. The lowest BCUT2D eigenvalue weighted by Gasteiger charge is -2.36. The number of benzene rings is 1. The Bertz CT molecular complexity index is 657. The zero-order valence-corrected chi connectivity index (χ0v) is 16.1. The van der Waals surface area contributed by atoms with Crippen LogP contribution in [0.15, 0.2) is 29.3 Å². The summed E-state index contributed by atoms with van der Waals surface area (Å²) in [5, 5.41) is 6.53. The predicted molar refractivity (Wildman–Crippen MR) is 104 cm³/mol. The van der Waals surface area contributed by atoms with Crippen LogP contribution in [0.5, 0.6) is 0 Å². The Morgan fingerprint density at radius 2 is 1.77 bits per heavy atom. The van der Waals surface area contributed by atoms with E-state index >= 15 is 0 Å². The maximum atomic E-state index is 12.1. The zero-order chi connectivity index (χ0) is 18.9. The number of amides is 2. The number of nitrogens with zero attached hydrogens (tertiary/aromatic N) is 3. The topological polar surface area (TPSA) is 77.0 Å². The quantitative estimate of drug-likeness (QED) is 0.458. The zero-order valence-electron chi connectivity index (χ0n) is 15.3. The third-order valence-electron chi connectivity index (χ3n) is 4.14. The van der Waals surface area contributed by atoms with E-state index in [0.717, 1.165) is 25.6 Å². The number of hydrogen-bond donors (Lipinski definition) is 2. The molecule has 0 aromatic heterocycles. The van der Waals surface area contributed by atoms with Crippen LogP contribution in [0.25, 0.3) is 0 Å². The number of guanidine groups is 1. The van der Waals surface area contributed by atoms with Gasteiger partial charge in [0, 0.05) is 46.2 Å². The molecule has 0 atom stereocenters. The predicted octanol–water partition coefficient (Wildman–Crippen LogP) is 1.20. The molecule has 2 amide bonds. The van der Waals surface area contributed by atoms with Crippen LogP contribution in [0.4, 0.5) is 0 Å². The van der Waals surface area contributed by atoms with Crippen LogP contribution < -0.4 is 10.6 Å². The smallest absolute Gasteiger partial charge is 0.252 e. The van der Waals surface area contributed by atoms with Gasteiger partial charge in [-0.1, -0.05) is 23.7 Å². The Morgan fingerprint density at radius 1 is 1.12 bits per heavy atom. The van der Waals surface area contributed by atoms with E-state index in [1.807, 2.05) is 11.8 Å². The first-order valence-electron chi connectivity index (χ1n) is 8.84. The molecule has 1 heterocycles. The Hall–Kier alpha value is -2.28. The molecule has 26 heavy (non-hydrogen) atoms. The molecular formula is C18H26ClN5O2. The molecule has 7 nitrogen and oxygen atoms in total. The normalized spacial score (nSPS) is 15.0. The summed E-state index contributed by atoms with van der Waals surface area (Å²) in [4.78, 5) is 32.1. The molecule has 0 saturated carbocycles. The fraction of sp³-hybridized carbons (Fsp3) is 0.500. The van der Waals surface area contributed by atoms with Crippen molar-refractivity contribution in [3.8, 4) is 0 Å². The summed E-state index contributed by atoms with van der Waals surface area (Å²) in [6, 6.07) is 6.96. The molecule has 0 radical (unpaired) electrons. The molecule has 0 unspecified atom stereocenters. The molecule has 1 fully saturated rings. The highest BCUT2D eigenvalue weighted by Gasteiger charge is 2.20. The molecule has 0 spiro atoms. The second-order valence-corrected chi connectivity index (χ2v) is 6.37. The van der Waals surface area contributed by atoms with Gasteiger partial charge in [0.25, 0.3) is 5.91 Å². The van der Waals surface area contributed by atoms with Crippen LogP contribution in [-0.4, -0.2) is 73.4 Å². The van der Waals surface area contributed by atoms with Crippen molar-refractivity contribution in [2.24, 2.45) is 4.99 Å². The summed E-state index contributed by atoms with van der Waals surface area (Å²) >= 11 is 6.03. The van der Waals surface area contributed by atoms with Crippen molar-refractivity contribution in [2.75, 3.05) is 45.8 Å². The van der Waals surface area contributed by atoms with Crippen LogP contribution in [0.2, 0.25) is 5.02 Å². The van der Waals surface area contributed by atoms with Gasteiger partial charge in [-0.05, 0) is 19.1 Å². The maximum absolute atomic E-state index is 12.1. The number of halogens is 1. The van der Waals surface area contributed by atoms with Gasteiger partial charge in [0.05, 0.1) is 17.1 Å². The minimum atomic E-state index is -0.203. The molecule has 1 aliphatic rings. The number of nitrogens with one attached hydrogen (secondary N) is 2. The minimum absolute atomic E-state index is 0.105. The monoisotopic (exact) mass is 379 g/mol. The number of carbonyl (C=O) groups is 2. The molecule has 0 aliphatic carbocycles. The lowest BCUT2D eigenvalue weighted by Crippen LogP contribution is -2.53. The van der Waals surface area contributed by atoms with Gasteiger partial charge in [0.2, 0.25) is 5.91 Å². The maximum Gasteiger partial charge on any atom is 0.252 e. The summed E-state index contributed by atoms with van der Waals surface area (Å²) in [7, 11) is 0. The molecule has 8 heteroatoms. The van der Waals surface area contributed by atoms with Gasteiger partial charge in [-0.2, -0.15) is 0 Å². The van der Waals surface area contributed by atoms with E-state index in [4.69, 9.17) is 11.6 Å². The summed E-state index contributed by atoms with van der Waals surface area (Å²) in [6.07, 6.45) is 0. The van der Waals surface area contributed by atoms with Crippen molar-refractivity contribution in [2.45, 2.75) is 13.8 Å². The average molecular weight is 380 g/mol. The lowest BCUT2D eigenvalue weighted by molar-refractivity contribution is -0.130.